The summed E-state index contributed by atoms with van der Waals surface area (Å²) in [6.07, 6.45) is 2.27. The van der Waals surface area contributed by atoms with Crippen LogP contribution in [0.3, 0.4) is 0 Å². The van der Waals surface area contributed by atoms with Crippen molar-refractivity contribution < 1.29 is 14.8 Å². The van der Waals surface area contributed by atoms with Gasteiger partial charge in [-0.3, -0.25) is 4.79 Å². The number of aryl methyl sites for hydroxylation is 1. The van der Waals surface area contributed by atoms with E-state index < -0.39 is 0 Å². The molecule has 1 atom stereocenters. The third kappa shape index (κ3) is 3.81. The lowest BCUT2D eigenvalue weighted by molar-refractivity contribution is -0.930. The first-order valence-electron chi connectivity index (χ1n) is 10.7. The number of amides is 1. The molecule has 7 nitrogen and oxygen atoms in total. The summed E-state index contributed by atoms with van der Waals surface area (Å²) >= 11 is 1.50. The van der Waals surface area contributed by atoms with Crippen molar-refractivity contribution in [2.75, 3.05) is 13.1 Å². The van der Waals surface area contributed by atoms with Crippen LogP contribution in [0.15, 0.2) is 24.3 Å². The van der Waals surface area contributed by atoms with E-state index in [1.807, 2.05) is 6.92 Å². The predicted octanol–water partition coefficient (Wildman–Crippen LogP) is 2.05. The standard InChI is InChI=1S/C22H29N5O2S/c1-4-17-24-22-27(25-17)21(29)19(30-22)18(15-7-5-14(6-8-15)13(2)3)26-11-9-16(10-12-26)20(23)28/h5-8,13,16,18,29H,4,9-12H2,1-3H3,(H2,23,28)/p+1/t18-/m1/s1. The summed E-state index contributed by atoms with van der Waals surface area (Å²) in [5.74, 6) is 1.10. The van der Waals surface area contributed by atoms with E-state index in [9.17, 15) is 9.90 Å². The van der Waals surface area contributed by atoms with Crippen LogP contribution in [0.4, 0.5) is 0 Å². The fourth-order valence-corrected chi connectivity index (χ4v) is 5.50. The van der Waals surface area contributed by atoms with Gasteiger partial charge in [0, 0.05) is 30.7 Å². The zero-order valence-electron chi connectivity index (χ0n) is 17.8. The second-order valence-corrected chi connectivity index (χ2v) is 9.46. The second kappa shape index (κ2) is 8.35. The Morgan fingerprint density at radius 3 is 2.43 bits per heavy atom. The Labute approximate surface area is 180 Å². The second-order valence-electron chi connectivity index (χ2n) is 8.46. The van der Waals surface area contributed by atoms with Crippen molar-refractivity contribution in [1.82, 2.24) is 14.6 Å². The van der Waals surface area contributed by atoms with Crippen molar-refractivity contribution in [3.05, 3.63) is 46.1 Å². The summed E-state index contributed by atoms with van der Waals surface area (Å²) in [5, 5.41) is 15.5. The third-order valence-electron chi connectivity index (χ3n) is 6.20. The summed E-state index contributed by atoms with van der Waals surface area (Å²) in [7, 11) is 0. The summed E-state index contributed by atoms with van der Waals surface area (Å²) in [5.41, 5.74) is 7.98. The number of nitrogens with two attached hydrogens (primary N) is 1. The Balaban J connectivity index is 1.73. The number of carbonyl (C=O) groups excluding carboxylic acids is 1. The highest BCUT2D eigenvalue weighted by Crippen LogP contribution is 2.35. The number of thiazole rings is 1. The van der Waals surface area contributed by atoms with Gasteiger partial charge in [0.05, 0.1) is 13.1 Å². The van der Waals surface area contributed by atoms with Crippen LogP contribution in [-0.2, 0) is 11.2 Å². The fraction of sp³-hybridized carbons (Fsp3) is 0.500. The molecule has 160 valence electrons. The van der Waals surface area contributed by atoms with Crippen molar-refractivity contribution in [2.45, 2.75) is 52.0 Å². The van der Waals surface area contributed by atoms with Crippen molar-refractivity contribution in [3.8, 4) is 5.88 Å². The first-order chi connectivity index (χ1) is 14.4. The van der Waals surface area contributed by atoms with Crippen LogP contribution in [0.2, 0.25) is 0 Å². The van der Waals surface area contributed by atoms with E-state index in [0.717, 1.165) is 53.6 Å². The van der Waals surface area contributed by atoms with Crippen LogP contribution < -0.4 is 10.6 Å². The smallest absolute Gasteiger partial charge is 0.235 e. The largest absolute Gasteiger partial charge is 0.492 e. The number of nitrogens with one attached hydrogen (secondary N) is 1. The Morgan fingerprint density at radius 1 is 1.27 bits per heavy atom. The van der Waals surface area contributed by atoms with E-state index in [2.05, 4.69) is 48.2 Å². The number of nitrogens with zero attached hydrogens (tertiary/aromatic N) is 3. The molecule has 1 saturated heterocycles. The van der Waals surface area contributed by atoms with E-state index in [-0.39, 0.29) is 23.7 Å². The fourth-order valence-electron chi connectivity index (χ4n) is 4.34. The number of fused-ring (bicyclic) bond motifs is 1. The zero-order valence-corrected chi connectivity index (χ0v) is 18.6. The minimum atomic E-state index is -0.208. The Morgan fingerprint density at radius 2 is 1.90 bits per heavy atom. The first kappa shape index (κ1) is 20.8. The molecule has 1 amide bonds. The van der Waals surface area contributed by atoms with Crippen molar-refractivity contribution in [1.29, 1.82) is 0 Å². The lowest BCUT2D eigenvalue weighted by Crippen LogP contribution is -3.13. The van der Waals surface area contributed by atoms with E-state index in [1.165, 1.54) is 21.8 Å². The number of aromatic nitrogens is 3. The number of quaternary nitrogens is 1. The van der Waals surface area contributed by atoms with Gasteiger partial charge in [-0.15, -0.1) is 5.10 Å². The van der Waals surface area contributed by atoms with E-state index >= 15 is 0 Å². The molecule has 30 heavy (non-hydrogen) atoms. The van der Waals surface area contributed by atoms with Crippen molar-refractivity contribution in [2.24, 2.45) is 11.7 Å². The molecular weight excluding hydrogens is 398 g/mol. The molecule has 4 rings (SSSR count). The average Bonchev–Trinajstić information content (AvgIpc) is 3.28. The van der Waals surface area contributed by atoms with Gasteiger partial charge in [0.25, 0.3) is 0 Å². The van der Waals surface area contributed by atoms with Crippen LogP contribution in [0.1, 0.15) is 67.4 Å². The summed E-state index contributed by atoms with van der Waals surface area (Å²) in [6.45, 7) is 8.03. The number of carbonyl (C=O) groups is 1. The van der Waals surface area contributed by atoms with E-state index in [1.54, 1.807) is 4.52 Å². The van der Waals surface area contributed by atoms with Gasteiger partial charge in [0.2, 0.25) is 16.7 Å². The minimum Gasteiger partial charge on any atom is -0.492 e. The van der Waals surface area contributed by atoms with Gasteiger partial charge in [-0.25, -0.2) is 4.98 Å². The summed E-state index contributed by atoms with van der Waals surface area (Å²) in [4.78, 5) is 19.1. The maximum absolute atomic E-state index is 11.6. The van der Waals surface area contributed by atoms with E-state index in [4.69, 9.17) is 5.73 Å². The lowest BCUT2D eigenvalue weighted by atomic mass is 9.92. The molecule has 0 bridgehead atoms. The van der Waals surface area contributed by atoms with Gasteiger partial charge in [-0.2, -0.15) is 4.52 Å². The highest BCUT2D eigenvalue weighted by Gasteiger charge is 2.36. The van der Waals surface area contributed by atoms with Crippen LogP contribution >= 0.6 is 11.3 Å². The molecule has 3 aromatic rings. The lowest BCUT2D eigenvalue weighted by Gasteiger charge is -2.33. The van der Waals surface area contributed by atoms with Gasteiger partial charge >= 0.3 is 0 Å². The van der Waals surface area contributed by atoms with Crippen molar-refractivity contribution in [3.63, 3.8) is 0 Å². The molecule has 1 aromatic carbocycles. The number of hydrogen-bond donors (Lipinski definition) is 3. The molecule has 0 saturated carbocycles. The SMILES string of the molecule is CCc1nc2sc([C@@H](c3ccc(C(C)C)cc3)[NH+]3CCC(C(N)=O)CC3)c(O)n2n1. The maximum atomic E-state index is 11.6. The molecule has 1 aliphatic heterocycles. The van der Waals surface area contributed by atoms with Crippen molar-refractivity contribution >= 4 is 22.2 Å². The van der Waals surface area contributed by atoms with Crippen LogP contribution in [0.5, 0.6) is 5.88 Å². The molecule has 1 aliphatic rings. The minimum absolute atomic E-state index is 0.0291. The predicted molar refractivity (Wildman–Crippen MR) is 117 cm³/mol. The molecule has 0 spiro atoms. The number of rotatable bonds is 6. The highest BCUT2D eigenvalue weighted by molar-refractivity contribution is 7.17. The monoisotopic (exact) mass is 428 g/mol. The molecule has 8 heteroatoms. The highest BCUT2D eigenvalue weighted by atomic mass is 32.1. The molecule has 3 heterocycles. The quantitative estimate of drug-likeness (QED) is 0.560. The van der Waals surface area contributed by atoms with E-state index in [0.29, 0.717) is 5.92 Å². The Kier molecular flexibility index (Phi) is 5.79. The van der Waals surface area contributed by atoms with Gasteiger partial charge in [0.15, 0.2) is 11.9 Å². The molecule has 0 aliphatic carbocycles. The normalized spacial score (nSPS) is 20.7. The number of primary amides is 1. The molecular formula is C22H30N5O2S+. The van der Waals surface area contributed by atoms with Crippen LogP contribution in [0, 0.1) is 5.92 Å². The number of piperidine rings is 1. The zero-order chi connectivity index (χ0) is 21.4. The molecule has 1 fully saturated rings. The Bertz CT molecular complexity index is 1030. The summed E-state index contributed by atoms with van der Waals surface area (Å²) in [6, 6.07) is 8.65. The molecule has 0 unspecified atom stereocenters. The van der Waals surface area contributed by atoms with Gasteiger partial charge in [-0.05, 0) is 11.5 Å². The first-order valence-corrected chi connectivity index (χ1v) is 11.5. The number of aromatic hydroxyl groups is 1. The van der Waals surface area contributed by atoms with Gasteiger partial charge < -0.3 is 15.7 Å². The van der Waals surface area contributed by atoms with Crippen LogP contribution in [0.25, 0.3) is 4.96 Å². The topological polar surface area (TPSA) is 98.0 Å². The average molecular weight is 429 g/mol. The number of hydrogen-bond acceptors (Lipinski definition) is 5. The number of benzene rings is 1. The Hall–Kier alpha value is -2.45. The summed E-state index contributed by atoms with van der Waals surface area (Å²) < 4.78 is 1.56. The van der Waals surface area contributed by atoms with Crippen LogP contribution in [-0.4, -0.2) is 38.7 Å². The molecule has 0 radical (unpaired) electrons. The molecule has 4 N–H and O–H groups in total. The molecule has 2 aromatic heterocycles. The third-order valence-corrected chi connectivity index (χ3v) is 7.28. The van der Waals surface area contributed by atoms with Gasteiger partial charge in [0.1, 0.15) is 4.88 Å². The maximum Gasteiger partial charge on any atom is 0.235 e. The number of likely N-dealkylation sites (tertiary alicyclic amines) is 1. The van der Waals surface area contributed by atoms with Gasteiger partial charge in [-0.1, -0.05) is 56.4 Å².